The molecule has 0 radical (unpaired) electrons. The van der Waals surface area contributed by atoms with Gasteiger partial charge in [0.15, 0.2) is 11.5 Å². The number of allylic oxidation sites excluding steroid dienone is 2. The van der Waals surface area contributed by atoms with Gasteiger partial charge in [0, 0.05) is 16.7 Å². The van der Waals surface area contributed by atoms with Crippen molar-refractivity contribution < 1.29 is 19.1 Å². The van der Waals surface area contributed by atoms with Crippen molar-refractivity contribution in [3.63, 3.8) is 0 Å². The molecule has 1 aliphatic heterocycles. The number of fused-ring (bicyclic) bond motifs is 5. The maximum atomic E-state index is 12.9. The predicted molar refractivity (Wildman–Crippen MR) is 121 cm³/mol. The fourth-order valence-corrected chi connectivity index (χ4v) is 5.17. The molecular weight excluding hydrogens is 428 g/mol. The number of aryl methyl sites for hydroxylation is 1. The molecule has 6 nitrogen and oxygen atoms in total. The molecule has 32 heavy (non-hydrogen) atoms. The maximum Gasteiger partial charge on any atom is 0.254 e. The number of hydrogen-bond acceptors (Lipinski definition) is 5. The Morgan fingerprint density at radius 2 is 1.75 bits per heavy atom. The van der Waals surface area contributed by atoms with Crippen LogP contribution < -0.4 is 9.47 Å². The van der Waals surface area contributed by atoms with E-state index < -0.39 is 0 Å². The molecule has 2 aliphatic carbocycles. The highest BCUT2D eigenvalue weighted by molar-refractivity contribution is 6.31. The van der Waals surface area contributed by atoms with E-state index in [-0.39, 0.29) is 35.5 Å². The van der Waals surface area contributed by atoms with Crippen molar-refractivity contribution in [2.45, 2.75) is 20.0 Å². The molecule has 7 heteroatoms. The van der Waals surface area contributed by atoms with Gasteiger partial charge in [-0.15, -0.1) is 0 Å². The number of benzene rings is 2. The first-order valence-corrected chi connectivity index (χ1v) is 11.0. The molecule has 0 spiro atoms. The number of ether oxygens (including phenoxy) is 2. The Kier molecular flexibility index (Phi) is 5.25. The summed E-state index contributed by atoms with van der Waals surface area (Å²) in [5, 5.41) is 5.71. The van der Waals surface area contributed by atoms with Gasteiger partial charge in [0.1, 0.15) is 6.61 Å². The van der Waals surface area contributed by atoms with Crippen LogP contribution in [0.2, 0.25) is 5.02 Å². The van der Waals surface area contributed by atoms with Gasteiger partial charge in [0.2, 0.25) is 0 Å². The number of carbonyl (C=O) groups excluding carboxylic acids is 2. The van der Waals surface area contributed by atoms with Crippen LogP contribution >= 0.6 is 11.6 Å². The van der Waals surface area contributed by atoms with Crippen LogP contribution in [0.25, 0.3) is 0 Å². The van der Waals surface area contributed by atoms with Crippen LogP contribution in [0, 0.1) is 30.6 Å². The van der Waals surface area contributed by atoms with Gasteiger partial charge in [-0.2, -0.15) is 10.1 Å². The van der Waals surface area contributed by atoms with Gasteiger partial charge in [-0.25, -0.2) is 0 Å². The van der Waals surface area contributed by atoms with Gasteiger partial charge < -0.3 is 9.47 Å². The van der Waals surface area contributed by atoms with Crippen LogP contribution in [0.15, 0.2) is 53.7 Å². The Bertz CT molecular complexity index is 1110. The number of amides is 2. The first-order chi connectivity index (χ1) is 15.5. The van der Waals surface area contributed by atoms with Crippen molar-refractivity contribution in [3.05, 3.63) is 70.3 Å². The SMILES string of the molecule is COc1cc(Cl)cc(C=NN2C(=O)[C@@H]3[C@H](C2=O)[C@H]2C=C[C@H]3C2)c1OCc1ccc(C)cc1. The van der Waals surface area contributed by atoms with E-state index in [4.69, 9.17) is 21.1 Å². The van der Waals surface area contributed by atoms with Crippen molar-refractivity contribution in [3.8, 4) is 11.5 Å². The van der Waals surface area contributed by atoms with Crippen LogP contribution in [0.4, 0.5) is 0 Å². The van der Waals surface area contributed by atoms with E-state index in [1.165, 1.54) is 18.9 Å². The lowest BCUT2D eigenvalue weighted by Crippen LogP contribution is -2.28. The van der Waals surface area contributed by atoms with Crippen molar-refractivity contribution in [2.24, 2.45) is 28.8 Å². The lowest BCUT2D eigenvalue weighted by molar-refractivity contribution is -0.140. The summed E-state index contributed by atoms with van der Waals surface area (Å²) in [7, 11) is 1.53. The number of rotatable bonds is 6. The highest BCUT2D eigenvalue weighted by Gasteiger charge is 2.59. The van der Waals surface area contributed by atoms with Gasteiger partial charge in [0.25, 0.3) is 11.8 Å². The number of carbonyl (C=O) groups is 2. The fourth-order valence-electron chi connectivity index (χ4n) is 4.95. The summed E-state index contributed by atoms with van der Waals surface area (Å²) in [4.78, 5) is 25.8. The van der Waals surface area contributed by atoms with E-state index in [0.717, 1.165) is 17.0 Å². The summed E-state index contributed by atoms with van der Waals surface area (Å²) in [5.41, 5.74) is 2.69. The van der Waals surface area contributed by atoms with Gasteiger partial charge in [-0.3, -0.25) is 9.59 Å². The third kappa shape index (κ3) is 3.48. The second kappa shape index (κ2) is 8.10. The molecule has 1 heterocycles. The number of halogens is 1. The minimum Gasteiger partial charge on any atom is -0.493 e. The van der Waals surface area contributed by atoms with E-state index in [0.29, 0.717) is 28.7 Å². The first-order valence-electron chi connectivity index (χ1n) is 10.6. The maximum absolute atomic E-state index is 12.9. The van der Waals surface area contributed by atoms with Crippen LogP contribution in [0.1, 0.15) is 23.1 Å². The molecule has 2 fully saturated rings. The molecule has 5 rings (SSSR count). The average molecular weight is 451 g/mol. The number of nitrogens with zero attached hydrogens (tertiary/aromatic N) is 2. The van der Waals surface area contributed by atoms with E-state index in [1.807, 2.05) is 31.2 Å². The van der Waals surface area contributed by atoms with Crippen LogP contribution in [0.5, 0.6) is 11.5 Å². The molecule has 3 aliphatic rings. The zero-order valence-corrected chi connectivity index (χ0v) is 18.6. The minimum atomic E-state index is -0.291. The summed E-state index contributed by atoms with van der Waals surface area (Å²) in [6.45, 7) is 2.35. The summed E-state index contributed by atoms with van der Waals surface area (Å²) in [6.07, 6.45) is 6.45. The van der Waals surface area contributed by atoms with Crippen LogP contribution in [-0.4, -0.2) is 30.1 Å². The van der Waals surface area contributed by atoms with Crippen LogP contribution in [-0.2, 0) is 16.2 Å². The second-order valence-electron chi connectivity index (χ2n) is 8.53. The normalized spacial score (nSPS) is 25.8. The second-order valence-corrected chi connectivity index (χ2v) is 8.97. The minimum absolute atomic E-state index is 0.140. The van der Waals surface area contributed by atoms with Gasteiger partial charge in [-0.1, -0.05) is 53.6 Å². The molecule has 2 aromatic rings. The summed E-state index contributed by atoms with van der Waals surface area (Å²) >= 11 is 6.26. The molecule has 1 saturated heterocycles. The highest BCUT2D eigenvalue weighted by atomic mass is 35.5. The molecule has 0 unspecified atom stereocenters. The van der Waals surface area contributed by atoms with Crippen molar-refractivity contribution in [2.75, 3.05) is 7.11 Å². The zero-order chi connectivity index (χ0) is 22.4. The fraction of sp³-hybridized carbons (Fsp3) is 0.320. The Labute approximate surface area is 191 Å². The predicted octanol–water partition coefficient (Wildman–Crippen LogP) is 4.38. The third-order valence-corrected chi connectivity index (χ3v) is 6.75. The molecule has 164 valence electrons. The average Bonchev–Trinajstić information content (AvgIpc) is 3.46. The Hall–Kier alpha value is -3.12. The molecule has 4 atom stereocenters. The molecule has 2 aromatic carbocycles. The molecule has 0 N–H and O–H groups in total. The Morgan fingerprint density at radius 1 is 1.09 bits per heavy atom. The first kappa shape index (κ1) is 20.8. The van der Waals surface area contributed by atoms with E-state index in [2.05, 4.69) is 17.3 Å². The van der Waals surface area contributed by atoms with E-state index in [9.17, 15) is 9.59 Å². The van der Waals surface area contributed by atoms with Crippen molar-refractivity contribution >= 4 is 29.6 Å². The number of methoxy groups -OCH3 is 1. The van der Waals surface area contributed by atoms with Crippen molar-refractivity contribution in [1.82, 2.24) is 5.01 Å². The monoisotopic (exact) mass is 450 g/mol. The van der Waals surface area contributed by atoms with E-state index >= 15 is 0 Å². The number of hydrazone groups is 1. The summed E-state index contributed by atoms with van der Waals surface area (Å²) in [6, 6.07) is 11.4. The smallest absolute Gasteiger partial charge is 0.254 e. The van der Waals surface area contributed by atoms with Gasteiger partial charge in [-0.05, 0) is 36.8 Å². The topological polar surface area (TPSA) is 68.2 Å². The standard InChI is InChI=1S/C25H23ClN2O4/c1-14-3-5-15(6-4-14)13-32-23-18(10-19(26)11-20(23)31-2)12-27-28-24(29)21-16-7-8-17(9-16)22(21)25(28)30/h3-8,10-12,16-17,21-22H,9,13H2,1-2H3/t16-,17-,21-,22+/m0/s1. The van der Waals surface area contributed by atoms with Gasteiger partial charge >= 0.3 is 0 Å². The lowest BCUT2D eigenvalue weighted by Gasteiger charge is -2.15. The molecule has 2 bridgehead atoms. The zero-order valence-electron chi connectivity index (χ0n) is 17.8. The van der Waals surface area contributed by atoms with E-state index in [1.54, 1.807) is 12.1 Å². The molecule has 1 saturated carbocycles. The summed E-state index contributed by atoms with van der Waals surface area (Å²) < 4.78 is 11.5. The number of imide groups is 1. The Balaban J connectivity index is 1.41. The molecule has 2 amide bonds. The number of hydrogen-bond donors (Lipinski definition) is 0. The third-order valence-electron chi connectivity index (χ3n) is 6.53. The highest BCUT2D eigenvalue weighted by Crippen LogP contribution is 2.52. The van der Waals surface area contributed by atoms with Crippen molar-refractivity contribution in [1.29, 1.82) is 0 Å². The van der Waals surface area contributed by atoms with Gasteiger partial charge in [0.05, 0.1) is 25.2 Å². The largest absolute Gasteiger partial charge is 0.493 e. The molecular formula is C25H23ClN2O4. The lowest BCUT2D eigenvalue weighted by atomic mass is 9.85. The Morgan fingerprint density at radius 3 is 2.38 bits per heavy atom. The summed E-state index contributed by atoms with van der Waals surface area (Å²) in [5.74, 6) is 0.129. The quantitative estimate of drug-likeness (QED) is 0.372. The molecule has 0 aromatic heterocycles. The van der Waals surface area contributed by atoms with Crippen LogP contribution in [0.3, 0.4) is 0 Å².